The van der Waals surface area contributed by atoms with Crippen LogP contribution in [0.2, 0.25) is 5.02 Å². The second kappa shape index (κ2) is 19.9. The third-order valence-corrected chi connectivity index (χ3v) is 8.29. The van der Waals surface area contributed by atoms with Crippen molar-refractivity contribution in [2.75, 3.05) is 46.8 Å². The zero-order valence-corrected chi connectivity index (χ0v) is 32.2. The maximum Gasteiger partial charge on any atom is 0.416 e. The normalized spacial score (nSPS) is 10.8. The highest BCUT2D eigenvalue weighted by Crippen LogP contribution is 2.37. The molecule has 4 rings (SSSR count). The van der Waals surface area contributed by atoms with Crippen molar-refractivity contribution in [1.29, 1.82) is 0 Å². The second-order valence-corrected chi connectivity index (χ2v) is 13.0. The number of nitrogens with one attached hydrogen (secondary N) is 2. The van der Waals surface area contributed by atoms with E-state index in [1.54, 1.807) is 4.72 Å². The highest BCUT2D eigenvalue weighted by atomic mass is 35.5. The first-order valence-electron chi connectivity index (χ1n) is 15.8. The molecule has 2 aromatic carbocycles. The maximum atomic E-state index is 12.7. The van der Waals surface area contributed by atoms with E-state index in [0.29, 0.717) is 6.07 Å². The van der Waals surface area contributed by atoms with Crippen LogP contribution in [0.1, 0.15) is 33.2 Å². The average Bonchev–Trinajstić information content (AvgIpc) is 3.16. The Morgan fingerprint density at radius 2 is 1.60 bits per heavy atom. The fourth-order valence-electron chi connectivity index (χ4n) is 4.17. The number of nitro benzene ring substituents is 1. The van der Waals surface area contributed by atoms with Gasteiger partial charge in [0.1, 0.15) is 17.1 Å². The molecule has 310 valence electrons. The van der Waals surface area contributed by atoms with Gasteiger partial charge in [-0.3, -0.25) is 20.2 Å². The summed E-state index contributed by atoms with van der Waals surface area (Å²) in [5, 5.41) is 12.4. The number of anilines is 1. The molecule has 0 radical (unpaired) electrons. The number of esters is 2. The number of hydrogen-bond acceptors (Lipinski definition) is 16. The van der Waals surface area contributed by atoms with Gasteiger partial charge >= 0.3 is 24.1 Å². The number of carbonyl (C=O) groups is 4. The number of sulfonamides is 1. The Balaban J connectivity index is 0.000000311. The molecule has 25 heteroatoms. The molecule has 0 spiro atoms. The lowest BCUT2D eigenvalue weighted by atomic mass is 10.1. The number of carbonyl (C=O) groups excluding carboxylic acids is 4. The molecule has 20 nitrogen and oxygen atoms in total. The molecule has 4 aromatic rings. The zero-order valence-electron chi connectivity index (χ0n) is 30.7. The van der Waals surface area contributed by atoms with E-state index in [9.17, 15) is 50.9 Å². The van der Waals surface area contributed by atoms with Crippen LogP contribution in [-0.4, -0.2) is 98.6 Å². The Bertz CT molecular complexity index is 2280. The summed E-state index contributed by atoms with van der Waals surface area (Å²) in [5.74, 6) is -3.02. The lowest BCUT2D eigenvalue weighted by Gasteiger charge is -2.14. The topological polar surface area (TPSA) is 258 Å². The Labute approximate surface area is 331 Å². The van der Waals surface area contributed by atoms with Gasteiger partial charge in [0, 0.05) is 32.4 Å². The van der Waals surface area contributed by atoms with Gasteiger partial charge in [0.2, 0.25) is 17.7 Å². The number of urea groups is 1. The van der Waals surface area contributed by atoms with Crippen LogP contribution in [0.25, 0.3) is 0 Å². The fraction of sp³-hybridized carbons (Fsp3) is 0.242. The van der Waals surface area contributed by atoms with Crippen LogP contribution in [0.4, 0.5) is 29.6 Å². The molecular formula is C33H31ClF3N7O13S. The number of alkyl halides is 3. The summed E-state index contributed by atoms with van der Waals surface area (Å²) in [6, 6.07) is 8.26. The van der Waals surface area contributed by atoms with E-state index in [1.165, 1.54) is 64.5 Å². The molecule has 0 unspecified atom stereocenters. The number of methoxy groups -OCH3 is 2. The smallest absolute Gasteiger partial charge is 0.416 e. The molecule has 0 aliphatic rings. The molecule has 0 saturated heterocycles. The number of pyridine rings is 1. The largest absolute Gasteiger partial charge is 0.481 e. The molecule has 2 N–H and O–H groups in total. The number of nitro groups is 1. The lowest BCUT2D eigenvalue weighted by Crippen LogP contribution is -2.36. The number of hydrogen-bond donors (Lipinski definition) is 2. The second-order valence-electron chi connectivity index (χ2n) is 11.0. The number of nitrogens with zero attached hydrogens (tertiary/aromatic N) is 5. The summed E-state index contributed by atoms with van der Waals surface area (Å²) in [6.45, 7) is 0.825. The highest BCUT2D eigenvalue weighted by molar-refractivity contribution is 7.90. The van der Waals surface area contributed by atoms with Gasteiger partial charge in [0.25, 0.3) is 21.6 Å². The zero-order chi connectivity index (χ0) is 43.4. The van der Waals surface area contributed by atoms with Crippen LogP contribution in [0, 0.1) is 10.1 Å². The van der Waals surface area contributed by atoms with Gasteiger partial charge in [-0.25, -0.2) is 24.1 Å². The first-order valence-corrected chi connectivity index (χ1v) is 17.7. The van der Waals surface area contributed by atoms with Crippen LogP contribution in [0.5, 0.6) is 23.3 Å². The fourth-order valence-corrected chi connectivity index (χ4v) is 5.42. The summed E-state index contributed by atoms with van der Waals surface area (Å²) < 4.78 is 89.5. The molecule has 3 amide bonds. The van der Waals surface area contributed by atoms with Gasteiger partial charge in [0.15, 0.2) is 11.6 Å². The van der Waals surface area contributed by atoms with Crippen LogP contribution in [0.15, 0.2) is 65.8 Å². The first kappa shape index (κ1) is 45.6. The lowest BCUT2D eigenvalue weighted by molar-refractivity contribution is -0.385. The van der Waals surface area contributed by atoms with Gasteiger partial charge in [0.05, 0.1) is 48.0 Å². The van der Waals surface area contributed by atoms with E-state index in [-0.39, 0.29) is 46.4 Å². The van der Waals surface area contributed by atoms with Crippen LogP contribution >= 0.6 is 11.6 Å². The van der Waals surface area contributed by atoms with E-state index in [4.69, 9.17) is 30.5 Å². The molecule has 0 aliphatic carbocycles. The molecule has 2 heterocycles. The van der Waals surface area contributed by atoms with E-state index < -0.39 is 73.4 Å². The third kappa shape index (κ3) is 12.6. The molecule has 0 aliphatic heterocycles. The minimum atomic E-state index is -4.61. The average molecular weight is 858 g/mol. The molecule has 2 aromatic heterocycles. The summed E-state index contributed by atoms with van der Waals surface area (Å²) in [5.41, 5.74) is -2.35. The Hall–Kier alpha value is -6.82. The SMILES string of the molecule is CCOC(=O)COC(=O)c1cc(Oc2ccc(C(F)(F)F)cc2Cl)ccc1[N+](=O)[O-].COc1cc(OC)nc(NC(=O)NS(=O)(=O)c2ncccc2C(=O)N(C)C)n1. The van der Waals surface area contributed by atoms with Crippen molar-refractivity contribution in [2.24, 2.45) is 0 Å². The van der Waals surface area contributed by atoms with Crippen molar-refractivity contribution in [2.45, 2.75) is 18.1 Å². The molecule has 58 heavy (non-hydrogen) atoms. The molecule has 0 saturated carbocycles. The standard InChI is InChI=1S/C18H13ClF3NO7.C15H18N6O6S/c1-2-28-16(24)9-29-17(25)12-8-11(4-5-14(12)23(26)27)30-15-6-3-10(7-13(15)19)18(20,21)22;1-21(2)13(22)9-6-5-7-16-12(9)28(24,25)20-15(23)19-14-17-10(26-3)8-11(18-14)27-4/h3-8H,2,9H2,1H3;5-8H,1-4H3,(H2,17,18,19,20,23). The van der Waals surface area contributed by atoms with E-state index in [0.717, 1.165) is 30.3 Å². The van der Waals surface area contributed by atoms with Crippen LogP contribution < -0.4 is 24.2 Å². The van der Waals surface area contributed by atoms with E-state index in [2.05, 4.69) is 25.0 Å². The monoisotopic (exact) mass is 857 g/mol. The van der Waals surface area contributed by atoms with Crippen molar-refractivity contribution in [3.05, 3.63) is 92.6 Å². The third-order valence-electron chi connectivity index (χ3n) is 6.71. The van der Waals surface area contributed by atoms with Crippen molar-refractivity contribution < 1.29 is 69.4 Å². The predicted octanol–water partition coefficient (Wildman–Crippen LogP) is 4.88. The van der Waals surface area contributed by atoms with Crippen LogP contribution in [-0.2, 0) is 30.5 Å². The number of benzene rings is 2. The van der Waals surface area contributed by atoms with Crippen LogP contribution in [0.3, 0.4) is 0 Å². The van der Waals surface area contributed by atoms with Gasteiger partial charge in [-0.05, 0) is 43.3 Å². The van der Waals surface area contributed by atoms with Gasteiger partial charge in [-0.2, -0.15) is 31.6 Å². The number of halogens is 4. The summed E-state index contributed by atoms with van der Waals surface area (Å²) >= 11 is 5.81. The minimum absolute atomic E-state index is 0.0493. The van der Waals surface area contributed by atoms with E-state index >= 15 is 0 Å². The summed E-state index contributed by atoms with van der Waals surface area (Å²) in [6.07, 6.45) is -3.42. The van der Waals surface area contributed by atoms with Crippen molar-refractivity contribution in [1.82, 2.24) is 24.6 Å². The van der Waals surface area contributed by atoms with Gasteiger partial charge in [-0.15, -0.1) is 0 Å². The number of aromatic nitrogens is 3. The van der Waals surface area contributed by atoms with Crippen molar-refractivity contribution in [3.8, 4) is 23.3 Å². The Morgan fingerprint density at radius 3 is 2.16 bits per heavy atom. The Kier molecular flexibility index (Phi) is 15.6. The van der Waals surface area contributed by atoms with Gasteiger partial charge < -0.3 is 28.6 Å². The summed E-state index contributed by atoms with van der Waals surface area (Å²) in [7, 11) is 1.15. The molecule has 0 bridgehead atoms. The Morgan fingerprint density at radius 1 is 0.948 bits per heavy atom. The number of rotatable bonds is 13. The highest BCUT2D eigenvalue weighted by Gasteiger charge is 2.31. The molecule has 0 fully saturated rings. The maximum absolute atomic E-state index is 12.7. The minimum Gasteiger partial charge on any atom is -0.481 e. The molecular weight excluding hydrogens is 827 g/mol. The molecule has 0 atom stereocenters. The van der Waals surface area contributed by atoms with Crippen molar-refractivity contribution in [3.63, 3.8) is 0 Å². The predicted molar refractivity (Wildman–Crippen MR) is 193 cm³/mol. The number of ether oxygens (including phenoxy) is 5. The number of amides is 3. The van der Waals surface area contributed by atoms with E-state index in [1.807, 2.05) is 0 Å². The van der Waals surface area contributed by atoms with Crippen molar-refractivity contribution >= 4 is 57.1 Å². The van der Waals surface area contributed by atoms with Gasteiger partial charge in [-0.1, -0.05) is 11.6 Å². The first-order chi connectivity index (χ1) is 27.2. The summed E-state index contributed by atoms with van der Waals surface area (Å²) in [4.78, 5) is 70.7. The quantitative estimate of drug-likeness (QED) is 0.103.